The fourth-order valence-corrected chi connectivity index (χ4v) is 1.34. The number of benzene rings is 1. The van der Waals surface area contributed by atoms with Gasteiger partial charge in [0.25, 0.3) is 0 Å². The van der Waals surface area contributed by atoms with Crippen LogP contribution in [0.5, 0.6) is 0 Å². The lowest BCUT2D eigenvalue weighted by Gasteiger charge is -2.14. The number of carbonyl (C=O) groups is 1. The van der Waals surface area contributed by atoms with Crippen LogP contribution in [0.4, 0.5) is 5.69 Å². The fraction of sp³-hybridized carbons (Fsp3) is 0.417. The summed E-state index contributed by atoms with van der Waals surface area (Å²) in [5, 5.41) is 3.23. The van der Waals surface area contributed by atoms with Crippen LogP contribution in [0.15, 0.2) is 30.3 Å². The van der Waals surface area contributed by atoms with Gasteiger partial charge in [-0.3, -0.25) is 4.79 Å². The fourth-order valence-electron chi connectivity index (χ4n) is 1.34. The quantitative estimate of drug-likeness (QED) is 0.754. The van der Waals surface area contributed by atoms with Gasteiger partial charge < -0.3 is 10.1 Å². The van der Waals surface area contributed by atoms with Gasteiger partial charge in [-0.1, -0.05) is 18.2 Å². The molecular formula is C12H17NO2. The van der Waals surface area contributed by atoms with Gasteiger partial charge in [-0.05, 0) is 26.0 Å². The highest BCUT2D eigenvalue weighted by Crippen LogP contribution is 2.08. The minimum Gasteiger partial charge on any atom is -0.466 e. The van der Waals surface area contributed by atoms with Crippen molar-refractivity contribution in [2.75, 3.05) is 11.9 Å². The molecule has 82 valence electrons. The smallest absolute Gasteiger partial charge is 0.307 e. The van der Waals surface area contributed by atoms with Crippen LogP contribution in [-0.4, -0.2) is 18.6 Å². The van der Waals surface area contributed by atoms with E-state index in [2.05, 4.69) is 5.32 Å². The van der Waals surface area contributed by atoms with E-state index in [1.54, 1.807) is 0 Å². The second-order valence-electron chi connectivity index (χ2n) is 3.42. The highest BCUT2D eigenvalue weighted by molar-refractivity contribution is 5.70. The topological polar surface area (TPSA) is 38.3 Å². The lowest BCUT2D eigenvalue weighted by Crippen LogP contribution is -2.20. The normalized spacial score (nSPS) is 11.9. The molecule has 0 saturated carbocycles. The SMILES string of the molecule is CCOC(=O)C[C@@H](C)Nc1ccccc1. The third-order valence-electron chi connectivity index (χ3n) is 1.97. The van der Waals surface area contributed by atoms with E-state index in [-0.39, 0.29) is 12.0 Å². The monoisotopic (exact) mass is 207 g/mol. The summed E-state index contributed by atoms with van der Waals surface area (Å²) in [4.78, 5) is 11.2. The van der Waals surface area contributed by atoms with Crippen LogP contribution in [0.1, 0.15) is 20.3 Å². The van der Waals surface area contributed by atoms with Gasteiger partial charge in [-0.2, -0.15) is 0 Å². The molecule has 0 fully saturated rings. The molecule has 1 aromatic rings. The van der Waals surface area contributed by atoms with Crippen molar-refractivity contribution >= 4 is 11.7 Å². The van der Waals surface area contributed by atoms with E-state index >= 15 is 0 Å². The minimum atomic E-state index is -0.159. The average molecular weight is 207 g/mol. The number of hydrogen-bond donors (Lipinski definition) is 1. The van der Waals surface area contributed by atoms with E-state index in [1.807, 2.05) is 44.2 Å². The number of anilines is 1. The summed E-state index contributed by atoms with van der Waals surface area (Å²) in [7, 11) is 0. The van der Waals surface area contributed by atoms with Crippen molar-refractivity contribution < 1.29 is 9.53 Å². The van der Waals surface area contributed by atoms with E-state index in [0.29, 0.717) is 13.0 Å². The molecule has 0 bridgehead atoms. The summed E-state index contributed by atoms with van der Waals surface area (Å²) in [5.74, 6) is -0.159. The predicted octanol–water partition coefficient (Wildman–Crippen LogP) is 2.44. The number of carbonyl (C=O) groups excluding carboxylic acids is 1. The van der Waals surface area contributed by atoms with Gasteiger partial charge in [0.2, 0.25) is 0 Å². The van der Waals surface area contributed by atoms with Crippen molar-refractivity contribution in [3.8, 4) is 0 Å². The Labute approximate surface area is 90.4 Å². The number of hydrogen-bond acceptors (Lipinski definition) is 3. The van der Waals surface area contributed by atoms with Crippen molar-refractivity contribution in [3.63, 3.8) is 0 Å². The molecule has 15 heavy (non-hydrogen) atoms. The molecule has 0 radical (unpaired) electrons. The van der Waals surface area contributed by atoms with E-state index in [4.69, 9.17) is 4.74 Å². The van der Waals surface area contributed by atoms with E-state index in [1.165, 1.54) is 0 Å². The zero-order chi connectivity index (χ0) is 11.1. The van der Waals surface area contributed by atoms with Crippen LogP contribution in [-0.2, 0) is 9.53 Å². The van der Waals surface area contributed by atoms with Gasteiger partial charge in [-0.15, -0.1) is 0 Å². The van der Waals surface area contributed by atoms with Crippen molar-refractivity contribution in [3.05, 3.63) is 30.3 Å². The second kappa shape index (κ2) is 6.06. The van der Waals surface area contributed by atoms with Gasteiger partial charge in [0.1, 0.15) is 0 Å². The number of rotatable bonds is 5. The molecular weight excluding hydrogens is 190 g/mol. The highest BCUT2D eigenvalue weighted by Gasteiger charge is 2.08. The van der Waals surface area contributed by atoms with Crippen molar-refractivity contribution in [1.29, 1.82) is 0 Å². The summed E-state index contributed by atoms with van der Waals surface area (Å²) < 4.78 is 4.87. The summed E-state index contributed by atoms with van der Waals surface area (Å²) >= 11 is 0. The van der Waals surface area contributed by atoms with Crippen LogP contribution in [0.25, 0.3) is 0 Å². The van der Waals surface area contributed by atoms with Crippen LogP contribution in [0, 0.1) is 0 Å². The first-order chi connectivity index (χ1) is 7.22. The Morgan fingerprint density at radius 1 is 1.40 bits per heavy atom. The lowest BCUT2D eigenvalue weighted by atomic mass is 10.2. The van der Waals surface area contributed by atoms with Gasteiger partial charge in [0.05, 0.1) is 13.0 Å². The Balaban J connectivity index is 2.36. The van der Waals surface area contributed by atoms with Crippen molar-refractivity contribution in [1.82, 2.24) is 0 Å². The number of ether oxygens (including phenoxy) is 1. The van der Waals surface area contributed by atoms with Crippen molar-refractivity contribution in [2.24, 2.45) is 0 Å². The summed E-state index contributed by atoms with van der Waals surface area (Å²) in [5.41, 5.74) is 1.02. The van der Waals surface area contributed by atoms with E-state index in [9.17, 15) is 4.79 Å². The highest BCUT2D eigenvalue weighted by atomic mass is 16.5. The average Bonchev–Trinajstić information content (AvgIpc) is 2.19. The molecule has 0 saturated heterocycles. The molecule has 0 aromatic heterocycles. The lowest BCUT2D eigenvalue weighted by molar-refractivity contribution is -0.143. The first-order valence-electron chi connectivity index (χ1n) is 5.19. The van der Waals surface area contributed by atoms with Gasteiger partial charge in [-0.25, -0.2) is 0 Å². The standard InChI is InChI=1S/C12H17NO2/c1-3-15-12(14)9-10(2)13-11-7-5-4-6-8-11/h4-8,10,13H,3,9H2,1-2H3/t10-/m1/s1. The maximum Gasteiger partial charge on any atom is 0.307 e. The number of para-hydroxylation sites is 1. The second-order valence-corrected chi connectivity index (χ2v) is 3.42. The van der Waals surface area contributed by atoms with E-state index in [0.717, 1.165) is 5.69 Å². The molecule has 1 aromatic carbocycles. The Kier molecular flexibility index (Phi) is 4.68. The third kappa shape index (κ3) is 4.49. The van der Waals surface area contributed by atoms with Crippen LogP contribution >= 0.6 is 0 Å². The van der Waals surface area contributed by atoms with Gasteiger partial charge >= 0.3 is 5.97 Å². The Morgan fingerprint density at radius 3 is 2.67 bits per heavy atom. The van der Waals surface area contributed by atoms with Gasteiger partial charge in [0, 0.05) is 11.7 Å². The predicted molar refractivity (Wildman–Crippen MR) is 60.8 cm³/mol. The maximum atomic E-state index is 11.2. The molecule has 0 heterocycles. The first-order valence-corrected chi connectivity index (χ1v) is 5.19. The molecule has 0 amide bonds. The molecule has 0 unspecified atom stereocenters. The zero-order valence-corrected chi connectivity index (χ0v) is 9.19. The molecule has 0 aliphatic heterocycles. The summed E-state index contributed by atoms with van der Waals surface area (Å²) in [6, 6.07) is 9.91. The van der Waals surface area contributed by atoms with Crippen LogP contribution in [0.2, 0.25) is 0 Å². The molecule has 3 heteroatoms. The number of nitrogens with one attached hydrogen (secondary N) is 1. The molecule has 3 nitrogen and oxygen atoms in total. The Bertz CT molecular complexity index is 298. The molecule has 0 aliphatic rings. The molecule has 0 spiro atoms. The third-order valence-corrected chi connectivity index (χ3v) is 1.97. The first kappa shape index (κ1) is 11.6. The molecule has 1 atom stereocenters. The Morgan fingerprint density at radius 2 is 2.07 bits per heavy atom. The Hall–Kier alpha value is -1.51. The van der Waals surface area contributed by atoms with Gasteiger partial charge in [0.15, 0.2) is 0 Å². The molecule has 0 aliphatic carbocycles. The van der Waals surface area contributed by atoms with E-state index < -0.39 is 0 Å². The zero-order valence-electron chi connectivity index (χ0n) is 9.19. The summed E-state index contributed by atoms with van der Waals surface area (Å²) in [6.45, 7) is 4.22. The number of esters is 1. The minimum absolute atomic E-state index is 0.0893. The summed E-state index contributed by atoms with van der Waals surface area (Å²) in [6.07, 6.45) is 0.392. The van der Waals surface area contributed by atoms with Crippen molar-refractivity contribution in [2.45, 2.75) is 26.3 Å². The van der Waals surface area contributed by atoms with Crippen LogP contribution in [0.3, 0.4) is 0 Å². The van der Waals surface area contributed by atoms with Crippen LogP contribution < -0.4 is 5.32 Å². The maximum absolute atomic E-state index is 11.2. The largest absolute Gasteiger partial charge is 0.466 e. The molecule has 1 N–H and O–H groups in total. The molecule has 1 rings (SSSR count).